The van der Waals surface area contributed by atoms with Gasteiger partial charge >= 0.3 is 0 Å². The number of aryl methyl sites for hydroxylation is 1. The predicted octanol–water partition coefficient (Wildman–Crippen LogP) is 6.53. The molecule has 4 aromatic carbocycles. The molecule has 24 heavy (non-hydrogen) atoms. The molecule has 0 saturated carbocycles. The van der Waals surface area contributed by atoms with Crippen LogP contribution in [0.3, 0.4) is 0 Å². The summed E-state index contributed by atoms with van der Waals surface area (Å²) in [4.78, 5) is 0. The van der Waals surface area contributed by atoms with Gasteiger partial charge in [-0.3, -0.25) is 0 Å². The molecule has 0 heterocycles. The summed E-state index contributed by atoms with van der Waals surface area (Å²) >= 11 is 8.94. The van der Waals surface area contributed by atoms with Crippen LogP contribution in [0, 0.1) is 0 Å². The molecule has 0 bridgehead atoms. The Morgan fingerprint density at radius 2 is 1.33 bits per heavy atom. The van der Waals surface area contributed by atoms with Crippen molar-refractivity contribution < 1.29 is 0 Å². The summed E-state index contributed by atoms with van der Waals surface area (Å²) in [6.07, 6.45) is 4.57. The first kappa shape index (κ1) is 16.1. The van der Waals surface area contributed by atoms with Crippen molar-refractivity contribution >= 4 is 57.6 Å². The van der Waals surface area contributed by atoms with E-state index < -0.39 is 0 Å². The van der Waals surface area contributed by atoms with Crippen LogP contribution in [-0.4, -0.2) is 11.0 Å². The van der Waals surface area contributed by atoms with Crippen molar-refractivity contribution in [2.45, 2.75) is 30.9 Å². The van der Waals surface area contributed by atoms with Gasteiger partial charge in [-0.1, -0.05) is 54.6 Å². The number of benzene rings is 4. The molecule has 1 unspecified atom stereocenters. The molecule has 0 aromatic heterocycles. The lowest BCUT2D eigenvalue weighted by Gasteiger charge is -2.13. The maximum absolute atomic E-state index is 4.64. The normalized spacial score (nSPS) is 13.2. The fourth-order valence-corrected chi connectivity index (χ4v) is 4.62. The van der Waals surface area contributed by atoms with Crippen molar-refractivity contribution in [2.24, 2.45) is 0 Å². The van der Waals surface area contributed by atoms with E-state index in [9.17, 15) is 0 Å². The fraction of sp³-hybridized carbons (Fsp3) is 0.273. The first-order valence-electron chi connectivity index (χ1n) is 8.71. The molecule has 2 heteroatoms. The lowest BCUT2D eigenvalue weighted by molar-refractivity contribution is 0.689. The van der Waals surface area contributed by atoms with Gasteiger partial charge in [0.2, 0.25) is 0 Å². The van der Waals surface area contributed by atoms with Crippen LogP contribution >= 0.6 is 25.3 Å². The van der Waals surface area contributed by atoms with E-state index in [1.54, 1.807) is 0 Å². The van der Waals surface area contributed by atoms with Crippen LogP contribution in [0.15, 0.2) is 54.6 Å². The summed E-state index contributed by atoms with van der Waals surface area (Å²) in [5, 5.41) is 8.70. The maximum Gasteiger partial charge on any atom is 0.00246 e. The van der Waals surface area contributed by atoms with E-state index in [2.05, 4.69) is 79.9 Å². The van der Waals surface area contributed by atoms with Gasteiger partial charge in [-0.2, -0.15) is 25.3 Å². The first-order chi connectivity index (χ1) is 11.8. The van der Waals surface area contributed by atoms with Gasteiger partial charge in [-0.05, 0) is 69.3 Å². The summed E-state index contributed by atoms with van der Waals surface area (Å²) in [6.45, 7) is 0. The van der Waals surface area contributed by atoms with Gasteiger partial charge in [-0.15, -0.1) is 0 Å². The minimum atomic E-state index is 0.479. The molecule has 0 fully saturated rings. The van der Waals surface area contributed by atoms with E-state index in [-0.39, 0.29) is 0 Å². The van der Waals surface area contributed by atoms with Crippen molar-refractivity contribution in [3.05, 3.63) is 60.2 Å². The highest BCUT2D eigenvalue weighted by Crippen LogP contribution is 2.35. The van der Waals surface area contributed by atoms with Crippen LogP contribution in [0.25, 0.3) is 32.3 Å². The first-order valence-corrected chi connectivity index (χ1v) is 9.86. The molecule has 0 radical (unpaired) electrons. The molecular weight excluding hydrogens is 328 g/mol. The number of hydrogen-bond donors (Lipinski definition) is 2. The second-order valence-electron chi connectivity index (χ2n) is 6.69. The second kappa shape index (κ2) is 6.85. The van der Waals surface area contributed by atoms with Crippen molar-refractivity contribution in [1.29, 1.82) is 0 Å². The Morgan fingerprint density at radius 3 is 1.96 bits per heavy atom. The quantitative estimate of drug-likeness (QED) is 0.287. The van der Waals surface area contributed by atoms with Gasteiger partial charge in [-0.25, -0.2) is 0 Å². The van der Waals surface area contributed by atoms with E-state index in [0.29, 0.717) is 5.25 Å². The third kappa shape index (κ3) is 2.98. The van der Waals surface area contributed by atoms with Gasteiger partial charge < -0.3 is 0 Å². The predicted molar refractivity (Wildman–Crippen MR) is 114 cm³/mol. The van der Waals surface area contributed by atoms with Crippen molar-refractivity contribution in [3.8, 4) is 0 Å². The topological polar surface area (TPSA) is 0 Å². The Bertz CT molecular complexity index is 910. The Kier molecular flexibility index (Phi) is 4.60. The molecule has 122 valence electrons. The smallest absolute Gasteiger partial charge is 0.00246 e. The van der Waals surface area contributed by atoms with Gasteiger partial charge in [0.05, 0.1) is 0 Å². The molecule has 0 nitrogen and oxygen atoms in total. The molecule has 0 aliphatic carbocycles. The van der Waals surface area contributed by atoms with Crippen LogP contribution in [-0.2, 0) is 6.42 Å². The van der Waals surface area contributed by atoms with Crippen molar-refractivity contribution in [2.75, 3.05) is 5.75 Å². The average Bonchev–Trinajstić information content (AvgIpc) is 2.60. The van der Waals surface area contributed by atoms with E-state index in [1.165, 1.54) is 44.3 Å². The SMILES string of the molecule is SCCC(S)CCCc1cc2ccc3cccc4ccc(c1)c2c34. The zero-order chi connectivity index (χ0) is 16.5. The minimum absolute atomic E-state index is 0.479. The third-order valence-corrected chi connectivity index (χ3v) is 5.76. The fourth-order valence-electron chi connectivity index (χ4n) is 3.80. The Morgan fingerprint density at radius 1 is 0.750 bits per heavy atom. The van der Waals surface area contributed by atoms with Gasteiger partial charge in [0.25, 0.3) is 0 Å². The number of hydrogen-bond acceptors (Lipinski definition) is 2. The van der Waals surface area contributed by atoms with E-state index >= 15 is 0 Å². The molecule has 0 aliphatic heterocycles. The lowest BCUT2D eigenvalue weighted by Crippen LogP contribution is -2.00. The van der Waals surface area contributed by atoms with Crippen LogP contribution < -0.4 is 0 Å². The summed E-state index contributed by atoms with van der Waals surface area (Å²) in [5.41, 5.74) is 1.44. The number of rotatable bonds is 6. The third-order valence-electron chi connectivity index (χ3n) is 4.99. The van der Waals surface area contributed by atoms with Crippen LogP contribution in [0.1, 0.15) is 24.8 Å². The van der Waals surface area contributed by atoms with Crippen molar-refractivity contribution in [3.63, 3.8) is 0 Å². The molecule has 0 aliphatic rings. The Labute approximate surface area is 154 Å². The van der Waals surface area contributed by atoms with Crippen LogP contribution in [0.4, 0.5) is 0 Å². The molecule has 0 N–H and O–H groups in total. The molecule has 0 spiro atoms. The lowest BCUT2D eigenvalue weighted by atomic mass is 9.92. The van der Waals surface area contributed by atoms with E-state index in [4.69, 9.17) is 0 Å². The van der Waals surface area contributed by atoms with Crippen LogP contribution in [0.2, 0.25) is 0 Å². The summed E-state index contributed by atoms with van der Waals surface area (Å²) in [6, 6.07) is 20.4. The van der Waals surface area contributed by atoms with Crippen molar-refractivity contribution in [1.82, 2.24) is 0 Å². The molecular formula is C22H22S2. The van der Waals surface area contributed by atoms with Gasteiger partial charge in [0.15, 0.2) is 0 Å². The van der Waals surface area contributed by atoms with Crippen LogP contribution in [0.5, 0.6) is 0 Å². The minimum Gasteiger partial charge on any atom is -0.179 e. The van der Waals surface area contributed by atoms with Gasteiger partial charge in [0.1, 0.15) is 0 Å². The molecule has 1 atom stereocenters. The monoisotopic (exact) mass is 350 g/mol. The van der Waals surface area contributed by atoms with Gasteiger partial charge in [0, 0.05) is 5.25 Å². The largest absolute Gasteiger partial charge is 0.179 e. The summed E-state index contributed by atoms with van der Waals surface area (Å²) < 4.78 is 0. The zero-order valence-electron chi connectivity index (χ0n) is 13.7. The molecule has 4 rings (SSSR count). The highest BCUT2D eigenvalue weighted by molar-refractivity contribution is 7.81. The Balaban J connectivity index is 1.69. The van der Waals surface area contributed by atoms with E-state index in [1.807, 2.05) is 0 Å². The van der Waals surface area contributed by atoms with E-state index in [0.717, 1.165) is 25.0 Å². The zero-order valence-corrected chi connectivity index (χ0v) is 15.5. The molecule has 4 aromatic rings. The Hall–Kier alpha value is -1.38. The second-order valence-corrected chi connectivity index (χ2v) is 7.86. The highest BCUT2D eigenvalue weighted by atomic mass is 32.1. The molecule has 0 amide bonds. The standard InChI is InChI=1S/C22H22S2/c23-12-11-20(24)6-1-3-15-13-18-9-7-16-4-2-5-17-8-10-19(14-15)22(18)21(16)17/h2,4-5,7-10,13-14,20,23-24H,1,3,6,11-12H2. The summed E-state index contributed by atoms with van der Waals surface area (Å²) in [5.74, 6) is 0.925. The summed E-state index contributed by atoms with van der Waals surface area (Å²) in [7, 11) is 0. The maximum atomic E-state index is 4.64. The average molecular weight is 351 g/mol. The number of thiol groups is 2. The molecule has 0 saturated heterocycles. The highest BCUT2D eigenvalue weighted by Gasteiger charge is 2.09.